The van der Waals surface area contributed by atoms with Crippen LogP contribution in [0.3, 0.4) is 0 Å². The zero-order chi connectivity index (χ0) is 14.4. The van der Waals surface area contributed by atoms with E-state index in [9.17, 15) is 0 Å². The van der Waals surface area contributed by atoms with Gasteiger partial charge in [0.05, 0.1) is 6.61 Å². The summed E-state index contributed by atoms with van der Waals surface area (Å²) in [6.07, 6.45) is 4.57. The molecule has 0 bridgehead atoms. The fraction of sp³-hybridized carbons (Fsp3) is 0.312. The SMILES string of the molecule is CCCOc1cc(N)cc(NC(C)c2ccncc2)c1. The summed E-state index contributed by atoms with van der Waals surface area (Å²) >= 11 is 0. The number of hydrogen-bond donors (Lipinski definition) is 2. The Bertz CT molecular complexity index is 543. The highest BCUT2D eigenvalue weighted by Crippen LogP contribution is 2.26. The lowest BCUT2D eigenvalue weighted by Crippen LogP contribution is -2.07. The molecule has 2 aromatic rings. The maximum absolute atomic E-state index is 5.92. The molecule has 0 aliphatic heterocycles. The van der Waals surface area contributed by atoms with Crippen LogP contribution in [-0.2, 0) is 0 Å². The van der Waals surface area contributed by atoms with Gasteiger partial charge in [-0.3, -0.25) is 4.98 Å². The minimum atomic E-state index is 0.179. The fourth-order valence-electron chi connectivity index (χ4n) is 1.99. The number of ether oxygens (including phenoxy) is 1. The first kappa shape index (κ1) is 14.2. The van der Waals surface area contributed by atoms with Gasteiger partial charge in [0.2, 0.25) is 0 Å². The summed E-state index contributed by atoms with van der Waals surface area (Å²) in [5, 5.41) is 3.43. The van der Waals surface area contributed by atoms with Gasteiger partial charge in [0.1, 0.15) is 5.75 Å². The average Bonchev–Trinajstić information content (AvgIpc) is 2.45. The molecule has 4 heteroatoms. The van der Waals surface area contributed by atoms with Crippen molar-refractivity contribution in [2.75, 3.05) is 17.7 Å². The van der Waals surface area contributed by atoms with Crippen molar-refractivity contribution in [3.8, 4) is 5.75 Å². The predicted molar refractivity (Wildman–Crippen MR) is 82.9 cm³/mol. The largest absolute Gasteiger partial charge is 0.493 e. The van der Waals surface area contributed by atoms with Crippen LogP contribution in [0.4, 0.5) is 11.4 Å². The molecule has 0 spiro atoms. The number of nitrogens with one attached hydrogen (secondary N) is 1. The highest BCUT2D eigenvalue weighted by molar-refractivity contribution is 5.59. The van der Waals surface area contributed by atoms with Crippen molar-refractivity contribution in [1.29, 1.82) is 0 Å². The third kappa shape index (κ3) is 3.88. The van der Waals surface area contributed by atoms with E-state index in [-0.39, 0.29) is 6.04 Å². The summed E-state index contributed by atoms with van der Waals surface area (Å²) < 4.78 is 5.63. The highest BCUT2D eigenvalue weighted by Gasteiger charge is 2.06. The van der Waals surface area contributed by atoms with Crippen molar-refractivity contribution in [3.63, 3.8) is 0 Å². The Balaban J connectivity index is 2.10. The Labute approximate surface area is 120 Å². The molecule has 0 radical (unpaired) electrons. The van der Waals surface area contributed by atoms with Crippen molar-refractivity contribution < 1.29 is 4.74 Å². The second kappa shape index (κ2) is 6.80. The standard InChI is InChI=1S/C16H21N3O/c1-3-8-20-16-10-14(17)9-15(11-16)19-12(2)13-4-6-18-7-5-13/h4-7,9-12,19H,3,8,17H2,1-2H3. The Morgan fingerprint density at radius 2 is 2.00 bits per heavy atom. The maximum Gasteiger partial charge on any atom is 0.123 e. The molecule has 2 rings (SSSR count). The van der Waals surface area contributed by atoms with E-state index in [2.05, 4.69) is 24.1 Å². The molecule has 0 saturated carbocycles. The minimum Gasteiger partial charge on any atom is -0.493 e. The number of hydrogen-bond acceptors (Lipinski definition) is 4. The summed E-state index contributed by atoms with van der Waals surface area (Å²) in [5.74, 6) is 0.802. The first-order chi connectivity index (χ1) is 9.69. The smallest absolute Gasteiger partial charge is 0.123 e. The summed E-state index contributed by atoms with van der Waals surface area (Å²) in [7, 11) is 0. The highest BCUT2D eigenvalue weighted by atomic mass is 16.5. The number of rotatable bonds is 6. The van der Waals surface area contributed by atoms with Gasteiger partial charge in [0.25, 0.3) is 0 Å². The summed E-state index contributed by atoms with van der Waals surface area (Å²) in [5.41, 5.74) is 8.75. The molecular weight excluding hydrogens is 250 g/mol. The number of benzene rings is 1. The van der Waals surface area contributed by atoms with Crippen LogP contribution in [0, 0.1) is 0 Å². The van der Waals surface area contributed by atoms with Gasteiger partial charge in [0.15, 0.2) is 0 Å². The molecule has 1 heterocycles. The van der Waals surface area contributed by atoms with Crippen molar-refractivity contribution >= 4 is 11.4 Å². The topological polar surface area (TPSA) is 60.2 Å². The van der Waals surface area contributed by atoms with Gasteiger partial charge in [0, 0.05) is 41.9 Å². The number of aromatic nitrogens is 1. The van der Waals surface area contributed by atoms with Gasteiger partial charge in [-0.15, -0.1) is 0 Å². The van der Waals surface area contributed by atoms with Crippen LogP contribution in [0.15, 0.2) is 42.7 Å². The third-order valence-corrected chi connectivity index (χ3v) is 2.99. The number of nitrogens with two attached hydrogens (primary N) is 1. The molecule has 4 nitrogen and oxygen atoms in total. The monoisotopic (exact) mass is 271 g/mol. The Morgan fingerprint density at radius 1 is 1.25 bits per heavy atom. The van der Waals surface area contributed by atoms with Crippen molar-refractivity contribution in [2.45, 2.75) is 26.3 Å². The molecule has 1 aromatic carbocycles. The van der Waals surface area contributed by atoms with E-state index in [4.69, 9.17) is 10.5 Å². The molecule has 20 heavy (non-hydrogen) atoms. The van der Waals surface area contributed by atoms with Crippen molar-refractivity contribution in [3.05, 3.63) is 48.3 Å². The second-order valence-corrected chi connectivity index (χ2v) is 4.79. The lowest BCUT2D eigenvalue weighted by atomic mass is 10.1. The van der Waals surface area contributed by atoms with Crippen LogP contribution in [0.2, 0.25) is 0 Å². The Kier molecular flexibility index (Phi) is 4.82. The molecule has 0 saturated heterocycles. The number of nitrogen functional groups attached to an aromatic ring is 1. The van der Waals surface area contributed by atoms with Crippen LogP contribution in [0.5, 0.6) is 5.75 Å². The van der Waals surface area contributed by atoms with Crippen LogP contribution in [0.1, 0.15) is 31.9 Å². The molecule has 1 aromatic heterocycles. The zero-order valence-corrected chi connectivity index (χ0v) is 12.0. The molecule has 3 N–H and O–H groups in total. The maximum atomic E-state index is 5.92. The van der Waals surface area contributed by atoms with E-state index in [0.29, 0.717) is 12.3 Å². The van der Waals surface area contributed by atoms with Gasteiger partial charge in [-0.1, -0.05) is 6.92 Å². The minimum absolute atomic E-state index is 0.179. The van der Waals surface area contributed by atoms with Gasteiger partial charge < -0.3 is 15.8 Å². The van der Waals surface area contributed by atoms with Crippen LogP contribution in [-0.4, -0.2) is 11.6 Å². The first-order valence-corrected chi connectivity index (χ1v) is 6.89. The zero-order valence-electron chi connectivity index (χ0n) is 12.0. The summed E-state index contributed by atoms with van der Waals surface area (Å²) in [6.45, 7) is 4.88. The van der Waals surface area contributed by atoms with E-state index in [0.717, 1.165) is 17.9 Å². The summed E-state index contributed by atoms with van der Waals surface area (Å²) in [4.78, 5) is 4.03. The van der Waals surface area contributed by atoms with Gasteiger partial charge in [-0.2, -0.15) is 0 Å². The van der Waals surface area contributed by atoms with E-state index >= 15 is 0 Å². The first-order valence-electron chi connectivity index (χ1n) is 6.89. The van der Waals surface area contributed by atoms with Crippen LogP contribution < -0.4 is 15.8 Å². The predicted octanol–water partition coefficient (Wildman–Crippen LogP) is 3.63. The van der Waals surface area contributed by atoms with Gasteiger partial charge in [-0.25, -0.2) is 0 Å². The van der Waals surface area contributed by atoms with Crippen molar-refractivity contribution in [1.82, 2.24) is 4.98 Å². The normalized spacial score (nSPS) is 11.9. The molecule has 0 fully saturated rings. The molecule has 1 atom stereocenters. The van der Waals surface area contributed by atoms with Crippen LogP contribution in [0.25, 0.3) is 0 Å². The summed E-state index contributed by atoms with van der Waals surface area (Å²) in [6, 6.07) is 9.91. The van der Waals surface area contributed by atoms with E-state index in [1.165, 1.54) is 5.56 Å². The van der Waals surface area contributed by atoms with Crippen molar-refractivity contribution in [2.24, 2.45) is 0 Å². The quantitative estimate of drug-likeness (QED) is 0.788. The Morgan fingerprint density at radius 3 is 2.70 bits per heavy atom. The van der Waals surface area contributed by atoms with E-state index in [1.54, 1.807) is 12.4 Å². The average molecular weight is 271 g/mol. The molecule has 1 unspecified atom stereocenters. The van der Waals surface area contributed by atoms with Gasteiger partial charge in [-0.05, 0) is 37.1 Å². The van der Waals surface area contributed by atoms with E-state index < -0.39 is 0 Å². The molecular formula is C16H21N3O. The van der Waals surface area contributed by atoms with Gasteiger partial charge >= 0.3 is 0 Å². The molecule has 0 aliphatic carbocycles. The Hall–Kier alpha value is -2.23. The lowest BCUT2D eigenvalue weighted by molar-refractivity contribution is 0.318. The fourth-order valence-corrected chi connectivity index (χ4v) is 1.99. The number of pyridine rings is 1. The van der Waals surface area contributed by atoms with Crippen LogP contribution >= 0.6 is 0 Å². The lowest BCUT2D eigenvalue weighted by Gasteiger charge is -2.17. The molecule has 106 valence electrons. The number of nitrogens with zero attached hydrogens (tertiary/aromatic N) is 1. The van der Waals surface area contributed by atoms with E-state index in [1.807, 2.05) is 30.3 Å². The molecule has 0 aliphatic rings. The molecule has 0 amide bonds. The second-order valence-electron chi connectivity index (χ2n) is 4.79. The third-order valence-electron chi connectivity index (χ3n) is 2.99. The number of anilines is 2.